The molecule has 3 heteroatoms. The van der Waals surface area contributed by atoms with Crippen LogP contribution in [0.25, 0.3) is 0 Å². The molecule has 0 bridgehead atoms. The molecule has 0 aromatic heterocycles. The van der Waals surface area contributed by atoms with E-state index in [1.54, 1.807) is 6.07 Å². The van der Waals surface area contributed by atoms with Gasteiger partial charge in [-0.1, -0.05) is 42.8 Å². The molecule has 0 spiro atoms. The minimum absolute atomic E-state index is 0.323. The summed E-state index contributed by atoms with van der Waals surface area (Å²) in [6.45, 7) is 4.11. The third kappa shape index (κ3) is 5.07. The van der Waals surface area contributed by atoms with Crippen LogP contribution in [0, 0.1) is 0 Å². The lowest BCUT2D eigenvalue weighted by Crippen LogP contribution is -2.23. The Bertz CT molecular complexity index is 553. The standard InChI is InChI=1S/C18H22ClNO/c1-2-10-20-13-16(15-6-8-17(19)9-7-15)11-14-4-3-5-18(21)12-14/h3-9,12,16,20-21H,2,10-11,13H2,1H3. The van der Waals surface area contributed by atoms with Crippen LogP contribution < -0.4 is 5.32 Å². The smallest absolute Gasteiger partial charge is 0.115 e. The average Bonchev–Trinajstić information content (AvgIpc) is 2.47. The summed E-state index contributed by atoms with van der Waals surface area (Å²) in [7, 11) is 0. The molecule has 0 saturated carbocycles. The third-order valence-electron chi connectivity index (χ3n) is 3.55. The van der Waals surface area contributed by atoms with Crippen molar-refractivity contribution in [1.82, 2.24) is 5.32 Å². The number of halogens is 1. The van der Waals surface area contributed by atoms with Crippen LogP contribution in [0.15, 0.2) is 48.5 Å². The van der Waals surface area contributed by atoms with Crippen LogP contribution >= 0.6 is 11.6 Å². The van der Waals surface area contributed by atoms with Crippen LogP contribution in [0.3, 0.4) is 0 Å². The second kappa shape index (κ2) is 8.06. The lowest BCUT2D eigenvalue weighted by molar-refractivity contribution is 0.474. The van der Waals surface area contributed by atoms with Crippen molar-refractivity contribution in [2.75, 3.05) is 13.1 Å². The van der Waals surface area contributed by atoms with Gasteiger partial charge in [0.15, 0.2) is 0 Å². The van der Waals surface area contributed by atoms with Crippen LogP contribution in [0.1, 0.15) is 30.4 Å². The molecule has 0 heterocycles. The average molecular weight is 304 g/mol. The van der Waals surface area contributed by atoms with Gasteiger partial charge in [-0.3, -0.25) is 0 Å². The molecular formula is C18H22ClNO. The van der Waals surface area contributed by atoms with Gasteiger partial charge in [0.2, 0.25) is 0 Å². The fourth-order valence-electron chi connectivity index (χ4n) is 2.46. The Balaban J connectivity index is 2.13. The van der Waals surface area contributed by atoms with Crippen molar-refractivity contribution in [3.05, 3.63) is 64.7 Å². The first-order valence-electron chi connectivity index (χ1n) is 7.43. The van der Waals surface area contributed by atoms with Crippen LogP contribution in [-0.4, -0.2) is 18.2 Å². The summed E-state index contributed by atoms with van der Waals surface area (Å²) < 4.78 is 0. The predicted molar refractivity (Wildman–Crippen MR) is 89.2 cm³/mol. The van der Waals surface area contributed by atoms with Gasteiger partial charge in [-0.15, -0.1) is 0 Å². The molecule has 21 heavy (non-hydrogen) atoms. The molecule has 2 N–H and O–H groups in total. The van der Waals surface area contributed by atoms with E-state index in [4.69, 9.17) is 11.6 Å². The second-order valence-electron chi connectivity index (χ2n) is 5.33. The summed E-state index contributed by atoms with van der Waals surface area (Å²) in [5, 5.41) is 13.9. The van der Waals surface area contributed by atoms with Crippen LogP contribution in [0.2, 0.25) is 5.02 Å². The van der Waals surface area contributed by atoms with E-state index in [1.807, 2.05) is 24.3 Å². The molecule has 2 nitrogen and oxygen atoms in total. The largest absolute Gasteiger partial charge is 0.508 e. The lowest BCUT2D eigenvalue weighted by Gasteiger charge is -2.18. The molecule has 0 radical (unpaired) electrons. The first-order chi connectivity index (χ1) is 10.2. The zero-order valence-corrected chi connectivity index (χ0v) is 13.1. The third-order valence-corrected chi connectivity index (χ3v) is 3.80. The molecule has 2 aromatic carbocycles. The fraction of sp³-hybridized carbons (Fsp3) is 0.333. The highest BCUT2D eigenvalue weighted by Gasteiger charge is 2.12. The molecule has 1 unspecified atom stereocenters. The van der Waals surface area contributed by atoms with Gasteiger partial charge in [0.05, 0.1) is 0 Å². The summed E-state index contributed by atoms with van der Waals surface area (Å²) in [5.74, 6) is 0.694. The molecule has 0 aliphatic heterocycles. The van der Waals surface area contributed by atoms with Gasteiger partial charge < -0.3 is 10.4 Å². The van der Waals surface area contributed by atoms with Crippen molar-refractivity contribution in [3.8, 4) is 5.75 Å². The Morgan fingerprint density at radius 3 is 2.57 bits per heavy atom. The number of aromatic hydroxyl groups is 1. The zero-order valence-electron chi connectivity index (χ0n) is 12.3. The Morgan fingerprint density at radius 1 is 1.14 bits per heavy atom. The van der Waals surface area contributed by atoms with Crippen molar-refractivity contribution in [2.45, 2.75) is 25.7 Å². The summed E-state index contributed by atoms with van der Waals surface area (Å²) in [6, 6.07) is 15.5. The normalized spacial score (nSPS) is 12.3. The number of hydrogen-bond donors (Lipinski definition) is 2. The highest BCUT2D eigenvalue weighted by molar-refractivity contribution is 6.30. The van der Waals surface area contributed by atoms with Gasteiger partial charge in [0.1, 0.15) is 5.75 Å². The van der Waals surface area contributed by atoms with Gasteiger partial charge in [-0.05, 0) is 54.8 Å². The van der Waals surface area contributed by atoms with E-state index in [0.717, 1.165) is 36.5 Å². The number of rotatable bonds is 7. The van der Waals surface area contributed by atoms with E-state index in [2.05, 4.69) is 30.4 Å². The monoisotopic (exact) mass is 303 g/mol. The first kappa shape index (κ1) is 15.9. The second-order valence-corrected chi connectivity index (χ2v) is 5.76. The number of phenols is 1. The van der Waals surface area contributed by atoms with Gasteiger partial charge in [-0.2, -0.15) is 0 Å². The van der Waals surface area contributed by atoms with Crippen molar-refractivity contribution < 1.29 is 5.11 Å². The molecule has 0 amide bonds. The number of nitrogens with one attached hydrogen (secondary N) is 1. The molecular weight excluding hydrogens is 282 g/mol. The highest BCUT2D eigenvalue weighted by Crippen LogP contribution is 2.23. The van der Waals surface area contributed by atoms with Crippen molar-refractivity contribution in [2.24, 2.45) is 0 Å². The molecule has 2 aromatic rings. The highest BCUT2D eigenvalue weighted by atomic mass is 35.5. The van der Waals surface area contributed by atoms with Crippen LogP contribution in [-0.2, 0) is 6.42 Å². The van der Waals surface area contributed by atoms with Crippen molar-refractivity contribution in [3.63, 3.8) is 0 Å². The Hall–Kier alpha value is -1.51. The van der Waals surface area contributed by atoms with Gasteiger partial charge in [-0.25, -0.2) is 0 Å². The van der Waals surface area contributed by atoms with E-state index < -0.39 is 0 Å². The van der Waals surface area contributed by atoms with Gasteiger partial charge in [0, 0.05) is 17.5 Å². The summed E-state index contributed by atoms with van der Waals surface area (Å²) in [6.07, 6.45) is 2.02. The van der Waals surface area contributed by atoms with E-state index in [1.165, 1.54) is 5.56 Å². The van der Waals surface area contributed by atoms with E-state index in [9.17, 15) is 5.11 Å². The quantitative estimate of drug-likeness (QED) is 0.744. The van der Waals surface area contributed by atoms with E-state index in [0.29, 0.717) is 11.7 Å². The minimum atomic E-state index is 0.323. The maximum Gasteiger partial charge on any atom is 0.115 e. The Kier molecular flexibility index (Phi) is 6.09. The molecule has 0 aliphatic carbocycles. The van der Waals surface area contributed by atoms with Crippen molar-refractivity contribution in [1.29, 1.82) is 0 Å². The number of benzene rings is 2. The van der Waals surface area contributed by atoms with Gasteiger partial charge in [0.25, 0.3) is 0 Å². The minimum Gasteiger partial charge on any atom is -0.508 e. The zero-order chi connectivity index (χ0) is 15.1. The molecule has 1 atom stereocenters. The first-order valence-corrected chi connectivity index (χ1v) is 7.81. The predicted octanol–water partition coefficient (Wildman–Crippen LogP) is 4.37. The molecule has 0 fully saturated rings. The summed E-state index contributed by atoms with van der Waals surface area (Å²) in [4.78, 5) is 0. The molecule has 112 valence electrons. The molecule has 0 aliphatic rings. The number of hydrogen-bond acceptors (Lipinski definition) is 2. The van der Waals surface area contributed by atoms with Crippen LogP contribution in [0.5, 0.6) is 5.75 Å². The fourth-order valence-corrected chi connectivity index (χ4v) is 2.59. The van der Waals surface area contributed by atoms with E-state index in [-0.39, 0.29) is 0 Å². The van der Waals surface area contributed by atoms with Crippen LogP contribution in [0.4, 0.5) is 0 Å². The lowest BCUT2D eigenvalue weighted by atomic mass is 9.92. The maximum atomic E-state index is 9.61. The summed E-state index contributed by atoms with van der Waals surface area (Å²) >= 11 is 5.98. The Morgan fingerprint density at radius 2 is 1.90 bits per heavy atom. The Labute approximate surface area is 131 Å². The topological polar surface area (TPSA) is 32.3 Å². The molecule has 0 saturated heterocycles. The van der Waals surface area contributed by atoms with Crippen molar-refractivity contribution >= 4 is 11.6 Å². The maximum absolute atomic E-state index is 9.61. The number of phenolic OH excluding ortho intramolecular Hbond substituents is 1. The SMILES string of the molecule is CCCNCC(Cc1cccc(O)c1)c1ccc(Cl)cc1. The van der Waals surface area contributed by atoms with E-state index >= 15 is 0 Å². The summed E-state index contributed by atoms with van der Waals surface area (Å²) in [5.41, 5.74) is 2.42. The molecule has 2 rings (SSSR count). The van der Waals surface area contributed by atoms with Gasteiger partial charge >= 0.3 is 0 Å².